The predicted molar refractivity (Wildman–Crippen MR) is 79.2 cm³/mol. The molecule has 0 aromatic heterocycles. The molecule has 3 nitrogen and oxygen atoms in total. The van der Waals surface area contributed by atoms with E-state index in [-0.39, 0.29) is 5.91 Å². The van der Waals surface area contributed by atoms with Gasteiger partial charge in [-0.25, -0.2) is 0 Å². The molecular weight excluding hydrogens is 248 g/mol. The van der Waals surface area contributed by atoms with Gasteiger partial charge in [-0.15, -0.1) is 12.3 Å². The third-order valence-electron chi connectivity index (χ3n) is 4.63. The third kappa shape index (κ3) is 2.57. The van der Waals surface area contributed by atoms with Gasteiger partial charge in [-0.1, -0.05) is 18.2 Å². The number of nitrogens with one attached hydrogen (secondary N) is 1. The summed E-state index contributed by atoms with van der Waals surface area (Å²) < 4.78 is 0. The van der Waals surface area contributed by atoms with Crippen molar-refractivity contribution in [1.82, 2.24) is 10.2 Å². The number of benzene rings is 1. The first-order valence-electron chi connectivity index (χ1n) is 7.31. The molecule has 3 fully saturated rings. The zero-order chi connectivity index (χ0) is 13.9. The van der Waals surface area contributed by atoms with Crippen LogP contribution in [0.5, 0.6) is 0 Å². The van der Waals surface area contributed by atoms with Crippen molar-refractivity contribution in [2.75, 3.05) is 19.6 Å². The quantitative estimate of drug-likeness (QED) is 0.847. The molecule has 104 valence electrons. The van der Waals surface area contributed by atoms with Crippen LogP contribution in [0.4, 0.5) is 0 Å². The van der Waals surface area contributed by atoms with Gasteiger partial charge < -0.3 is 5.32 Å². The fourth-order valence-electron chi connectivity index (χ4n) is 3.44. The Morgan fingerprint density at radius 2 is 2.20 bits per heavy atom. The number of carbonyl (C=O) groups excluding carboxylic acids is 1. The first-order chi connectivity index (χ1) is 9.78. The number of terminal acetylenes is 1. The standard InChI is InChI=1S/C17H20N2O/c1-2-13-12-19-9-8-15(13)10-16(19)11-18-17(20)14-6-4-3-5-7-14/h1,3-7,13,15-16H,8-12H2,(H,18,20)/t13-,15+,16-/m1/s1. The maximum absolute atomic E-state index is 12.1. The molecule has 3 aliphatic rings. The normalized spacial score (nSPS) is 31.6. The van der Waals surface area contributed by atoms with Crippen LogP contribution in [0.15, 0.2) is 30.3 Å². The fraction of sp³-hybridized carbons (Fsp3) is 0.471. The molecule has 3 heterocycles. The van der Waals surface area contributed by atoms with E-state index in [1.807, 2.05) is 30.3 Å². The monoisotopic (exact) mass is 268 g/mol. The zero-order valence-corrected chi connectivity index (χ0v) is 11.6. The number of hydrogen-bond acceptors (Lipinski definition) is 2. The van der Waals surface area contributed by atoms with E-state index in [2.05, 4.69) is 16.1 Å². The molecule has 0 saturated carbocycles. The van der Waals surface area contributed by atoms with Crippen molar-refractivity contribution in [3.05, 3.63) is 35.9 Å². The summed E-state index contributed by atoms with van der Waals surface area (Å²) in [5.41, 5.74) is 0.727. The molecule has 4 rings (SSSR count). The lowest BCUT2D eigenvalue weighted by molar-refractivity contribution is 0.0227. The minimum absolute atomic E-state index is 0.0155. The van der Waals surface area contributed by atoms with Crippen LogP contribution in [-0.2, 0) is 0 Å². The highest BCUT2D eigenvalue weighted by Crippen LogP contribution is 2.35. The molecule has 20 heavy (non-hydrogen) atoms. The molecule has 4 atom stereocenters. The Hall–Kier alpha value is -1.79. The molecule has 0 aliphatic carbocycles. The molecule has 1 aromatic rings. The second-order valence-electron chi connectivity index (χ2n) is 5.78. The summed E-state index contributed by atoms with van der Waals surface area (Å²) >= 11 is 0. The maximum Gasteiger partial charge on any atom is 0.251 e. The SMILES string of the molecule is C#C[C@@H]1CN2CC[C@H]1C[C@@H]2CNC(=O)c1ccccc1. The highest BCUT2D eigenvalue weighted by atomic mass is 16.1. The van der Waals surface area contributed by atoms with E-state index in [0.717, 1.165) is 31.6 Å². The topological polar surface area (TPSA) is 32.3 Å². The molecule has 0 spiro atoms. The average molecular weight is 268 g/mol. The van der Waals surface area contributed by atoms with E-state index in [1.54, 1.807) is 0 Å². The van der Waals surface area contributed by atoms with Crippen LogP contribution >= 0.6 is 0 Å². The Bertz CT molecular complexity index is 520. The number of carbonyl (C=O) groups is 1. The lowest BCUT2D eigenvalue weighted by atomic mass is 9.76. The van der Waals surface area contributed by atoms with Gasteiger partial charge in [0.2, 0.25) is 0 Å². The van der Waals surface area contributed by atoms with Crippen molar-refractivity contribution >= 4 is 5.91 Å². The van der Waals surface area contributed by atoms with Crippen LogP contribution in [0, 0.1) is 24.2 Å². The van der Waals surface area contributed by atoms with Crippen molar-refractivity contribution in [3.8, 4) is 12.3 Å². The van der Waals surface area contributed by atoms with Crippen LogP contribution in [0.2, 0.25) is 0 Å². The number of piperidine rings is 3. The molecule has 1 unspecified atom stereocenters. The first kappa shape index (κ1) is 13.2. The Labute approximate surface area is 120 Å². The second-order valence-corrected chi connectivity index (χ2v) is 5.78. The highest BCUT2D eigenvalue weighted by Gasteiger charge is 2.39. The van der Waals surface area contributed by atoms with Crippen LogP contribution in [0.25, 0.3) is 0 Å². The van der Waals surface area contributed by atoms with Crippen LogP contribution in [0.3, 0.4) is 0 Å². The van der Waals surface area contributed by atoms with Gasteiger partial charge >= 0.3 is 0 Å². The van der Waals surface area contributed by atoms with Crippen LogP contribution in [0.1, 0.15) is 23.2 Å². The summed E-state index contributed by atoms with van der Waals surface area (Å²) in [4.78, 5) is 14.5. The zero-order valence-electron chi connectivity index (χ0n) is 11.6. The number of fused-ring (bicyclic) bond motifs is 3. The van der Waals surface area contributed by atoms with Gasteiger partial charge in [-0.3, -0.25) is 9.69 Å². The van der Waals surface area contributed by atoms with Gasteiger partial charge in [-0.2, -0.15) is 0 Å². The van der Waals surface area contributed by atoms with E-state index < -0.39 is 0 Å². The van der Waals surface area contributed by atoms with Gasteiger partial charge in [0.15, 0.2) is 0 Å². The molecule has 1 N–H and O–H groups in total. The summed E-state index contributed by atoms with van der Waals surface area (Å²) in [6.45, 7) is 2.84. The van der Waals surface area contributed by atoms with E-state index >= 15 is 0 Å². The first-order valence-corrected chi connectivity index (χ1v) is 7.31. The summed E-state index contributed by atoms with van der Waals surface area (Å²) in [5.74, 6) is 3.98. The molecular formula is C17H20N2O. The Morgan fingerprint density at radius 1 is 1.40 bits per heavy atom. The Kier molecular flexibility index (Phi) is 3.75. The molecule has 3 aliphatic heterocycles. The fourth-order valence-corrected chi connectivity index (χ4v) is 3.44. The second kappa shape index (κ2) is 5.68. The molecule has 3 saturated heterocycles. The van der Waals surface area contributed by atoms with Gasteiger partial charge in [0, 0.05) is 30.6 Å². The highest BCUT2D eigenvalue weighted by molar-refractivity contribution is 5.94. The van der Waals surface area contributed by atoms with E-state index in [4.69, 9.17) is 6.42 Å². The van der Waals surface area contributed by atoms with Gasteiger partial charge in [-0.05, 0) is 37.4 Å². The average Bonchev–Trinajstić information content (AvgIpc) is 2.53. The van der Waals surface area contributed by atoms with Crippen molar-refractivity contribution in [2.45, 2.75) is 18.9 Å². The van der Waals surface area contributed by atoms with Crippen LogP contribution < -0.4 is 5.32 Å². The smallest absolute Gasteiger partial charge is 0.251 e. The molecule has 0 radical (unpaired) electrons. The summed E-state index contributed by atoms with van der Waals surface area (Å²) in [6, 6.07) is 9.83. The van der Waals surface area contributed by atoms with Crippen LogP contribution in [-0.4, -0.2) is 36.5 Å². The molecule has 1 aromatic carbocycles. The van der Waals surface area contributed by atoms with Crippen molar-refractivity contribution < 1.29 is 4.79 Å². The number of rotatable bonds is 3. The van der Waals surface area contributed by atoms with E-state index in [9.17, 15) is 4.79 Å². The minimum Gasteiger partial charge on any atom is -0.350 e. The summed E-state index contributed by atoms with van der Waals surface area (Å²) in [7, 11) is 0. The summed E-state index contributed by atoms with van der Waals surface area (Å²) in [6.07, 6.45) is 7.91. The molecule has 1 amide bonds. The molecule has 3 heteroatoms. The lowest BCUT2D eigenvalue weighted by Crippen LogP contribution is -2.56. The largest absolute Gasteiger partial charge is 0.350 e. The molecule has 2 bridgehead atoms. The van der Waals surface area contributed by atoms with E-state index in [1.165, 1.54) is 6.42 Å². The van der Waals surface area contributed by atoms with Crippen molar-refractivity contribution in [1.29, 1.82) is 0 Å². The number of amides is 1. The third-order valence-corrected chi connectivity index (χ3v) is 4.63. The van der Waals surface area contributed by atoms with Crippen molar-refractivity contribution in [2.24, 2.45) is 11.8 Å². The number of nitrogens with zero attached hydrogens (tertiary/aromatic N) is 1. The minimum atomic E-state index is 0.0155. The van der Waals surface area contributed by atoms with E-state index in [0.29, 0.717) is 17.9 Å². The van der Waals surface area contributed by atoms with Gasteiger partial charge in [0.25, 0.3) is 5.91 Å². The summed E-state index contributed by atoms with van der Waals surface area (Å²) in [5, 5.41) is 3.05. The Balaban J connectivity index is 1.55. The van der Waals surface area contributed by atoms with Gasteiger partial charge in [0.1, 0.15) is 0 Å². The van der Waals surface area contributed by atoms with Crippen molar-refractivity contribution in [3.63, 3.8) is 0 Å². The predicted octanol–water partition coefficient (Wildman–Crippen LogP) is 1.76. The number of hydrogen-bond donors (Lipinski definition) is 1. The Morgan fingerprint density at radius 3 is 2.85 bits per heavy atom. The van der Waals surface area contributed by atoms with Gasteiger partial charge in [0.05, 0.1) is 0 Å². The maximum atomic E-state index is 12.1. The lowest BCUT2D eigenvalue weighted by Gasteiger charge is -2.48.